The van der Waals surface area contributed by atoms with Crippen molar-refractivity contribution in [3.63, 3.8) is 0 Å². The minimum absolute atomic E-state index is 0.512. The minimum atomic E-state index is 0.512. The molecular weight excluding hydrogens is 256 g/mol. The van der Waals surface area contributed by atoms with Crippen molar-refractivity contribution in [2.24, 2.45) is 0 Å². The fraction of sp³-hybridized carbons (Fsp3) is 0.700. The molecule has 0 unspecified atom stereocenters. The van der Waals surface area contributed by atoms with Crippen LogP contribution in [0.5, 0.6) is 5.75 Å². The lowest BCUT2D eigenvalue weighted by Gasteiger charge is -2.14. The van der Waals surface area contributed by atoms with Gasteiger partial charge in [-0.15, -0.1) is 0 Å². The summed E-state index contributed by atoms with van der Waals surface area (Å²) in [6.45, 7) is 6.67. The third-order valence-electron chi connectivity index (χ3n) is 4.45. The lowest BCUT2D eigenvalue weighted by atomic mass is 9.92. The third-order valence-corrected chi connectivity index (χ3v) is 4.45. The van der Waals surface area contributed by atoms with E-state index in [1.54, 1.807) is 0 Å². The maximum absolute atomic E-state index is 10.2. The molecule has 0 aliphatic rings. The molecule has 0 fully saturated rings. The van der Waals surface area contributed by atoms with E-state index in [0.717, 1.165) is 12.8 Å². The summed E-state index contributed by atoms with van der Waals surface area (Å²) in [6.07, 6.45) is 13.9. The Labute approximate surface area is 131 Å². The Morgan fingerprint density at radius 2 is 1.29 bits per heavy atom. The Balaban J connectivity index is 2.47. The number of rotatable bonds is 11. The number of hydrogen-bond acceptors (Lipinski definition) is 1. The number of benzene rings is 1. The topological polar surface area (TPSA) is 20.2 Å². The van der Waals surface area contributed by atoms with Gasteiger partial charge < -0.3 is 5.11 Å². The molecule has 0 saturated carbocycles. The first-order chi connectivity index (χ1) is 10.2. The van der Waals surface area contributed by atoms with Crippen molar-refractivity contribution < 1.29 is 5.11 Å². The lowest BCUT2D eigenvalue weighted by Crippen LogP contribution is -1.99. The summed E-state index contributed by atoms with van der Waals surface area (Å²) < 4.78 is 0. The highest BCUT2D eigenvalue weighted by atomic mass is 16.3. The van der Waals surface area contributed by atoms with Crippen molar-refractivity contribution in [1.29, 1.82) is 0 Å². The molecule has 0 amide bonds. The van der Waals surface area contributed by atoms with Gasteiger partial charge in [-0.05, 0) is 55.4 Å². The van der Waals surface area contributed by atoms with Gasteiger partial charge in [0.25, 0.3) is 0 Å². The van der Waals surface area contributed by atoms with E-state index in [4.69, 9.17) is 0 Å². The predicted molar refractivity (Wildman–Crippen MR) is 93.2 cm³/mol. The molecule has 0 radical (unpaired) electrons. The number of phenolic OH excluding ortho intramolecular Hbond substituents is 1. The predicted octanol–water partition coefficient (Wildman–Crippen LogP) is 6.34. The molecule has 0 bridgehead atoms. The molecular formula is C20H34O. The van der Waals surface area contributed by atoms with Gasteiger partial charge in [0.1, 0.15) is 5.75 Å². The number of unbranched alkanes of at least 4 members (excludes halogenated alkanes) is 7. The molecule has 1 aromatic carbocycles. The van der Waals surface area contributed by atoms with Gasteiger partial charge in [-0.25, -0.2) is 0 Å². The average Bonchev–Trinajstić information content (AvgIpc) is 2.48. The van der Waals surface area contributed by atoms with Crippen LogP contribution in [0.4, 0.5) is 0 Å². The van der Waals surface area contributed by atoms with Crippen LogP contribution >= 0.6 is 0 Å². The van der Waals surface area contributed by atoms with Gasteiger partial charge in [-0.1, -0.05) is 64.9 Å². The second-order valence-corrected chi connectivity index (χ2v) is 6.33. The zero-order chi connectivity index (χ0) is 15.5. The molecule has 0 aliphatic heterocycles. The molecule has 120 valence electrons. The van der Waals surface area contributed by atoms with Gasteiger partial charge >= 0.3 is 0 Å². The standard InChI is InChI=1S/C20H34O/c1-4-6-8-9-10-11-12-14-19-18(13-7-5-2)17(3)15-16-20(19)21/h15-16,21H,4-14H2,1-3H3. The number of phenols is 1. The molecule has 1 rings (SSSR count). The Hall–Kier alpha value is -0.980. The molecule has 1 heteroatoms. The van der Waals surface area contributed by atoms with E-state index in [0.29, 0.717) is 5.75 Å². The molecule has 1 aromatic rings. The van der Waals surface area contributed by atoms with Crippen molar-refractivity contribution in [3.05, 3.63) is 28.8 Å². The highest BCUT2D eigenvalue weighted by Crippen LogP contribution is 2.28. The first kappa shape index (κ1) is 18.1. The van der Waals surface area contributed by atoms with Crippen LogP contribution in [0.15, 0.2) is 12.1 Å². The Bertz CT molecular complexity index is 395. The van der Waals surface area contributed by atoms with Crippen molar-refractivity contribution in [2.45, 2.75) is 91.4 Å². The van der Waals surface area contributed by atoms with Crippen LogP contribution in [0.3, 0.4) is 0 Å². The van der Waals surface area contributed by atoms with Crippen LogP contribution in [0.1, 0.15) is 88.3 Å². The number of aromatic hydroxyl groups is 1. The zero-order valence-electron chi connectivity index (χ0n) is 14.4. The first-order valence-corrected chi connectivity index (χ1v) is 9.01. The fourth-order valence-corrected chi connectivity index (χ4v) is 3.04. The smallest absolute Gasteiger partial charge is 0.119 e. The SMILES string of the molecule is CCCCCCCCCc1c(O)ccc(C)c1CCCC. The molecule has 0 saturated heterocycles. The van der Waals surface area contributed by atoms with E-state index in [9.17, 15) is 5.11 Å². The van der Waals surface area contributed by atoms with Crippen LogP contribution in [0, 0.1) is 6.92 Å². The van der Waals surface area contributed by atoms with Gasteiger partial charge in [0.15, 0.2) is 0 Å². The van der Waals surface area contributed by atoms with Crippen LogP contribution < -0.4 is 0 Å². The molecule has 0 aliphatic carbocycles. The van der Waals surface area contributed by atoms with Crippen molar-refractivity contribution in [2.75, 3.05) is 0 Å². The van der Waals surface area contributed by atoms with E-state index in [2.05, 4.69) is 26.8 Å². The molecule has 0 heterocycles. The number of aryl methyl sites for hydroxylation is 1. The van der Waals surface area contributed by atoms with E-state index in [-0.39, 0.29) is 0 Å². The van der Waals surface area contributed by atoms with E-state index in [1.165, 1.54) is 74.5 Å². The molecule has 0 spiro atoms. The van der Waals surface area contributed by atoms with Crippen LogP contribution in [-0.4, -0.2) is 5.11 Å². The van der Waals surface area contributed by atoms with Crippen molar-refractivity contribution >= 4 is 0 Å². The maximum atomic E-state index is 10.2. The monoisotopic (exact) mass is 290 g/mol. The fourth-order valence-electron chi connectivity index (χ4n) is 3.04. The van der Waals surface area contributed by atoms with Crippen molar-refractivity contribution in [1.82, 2.24) is 0 Å². The van der Waals surface area contributed by atoms with Gasteiger partial charge in [0, 0.05) is 0 Å². The largest absolute Gasteiger partial charge is 0.508 e. The van der Waals surface area contributed by atoms with E-state index < -0.39 is 0 Å². The maximum Gasteiger partial charge on any atom is 0.119 e. The van der Waals surface area contributed by atoms with Gasteiger partial charge in [-0.3, -0.25) is 0 Å². The zero-order valence-corrected chi connectivity index (χ0v) is 14.4. The Morgan fingerprint density at radius 1 is 0.714 bits per heavy atom. The van der Waals surface area contributed by atoms with E-state index in [1.807, 2.05) is 6.07 Å². The summed E-state index contributed by atoms with van der Waals surface area (Å²) >= 11 is 0. The van der Waals surface area contributed by atoms with Gasteiger partial charge in [0.2, 0.25) is 0 Å². The summed E-state index contributed by atoms with van der Waals surface area (Å²) in [5, 5.41) is 10.2. The summed E-state index contributed by atoms with van der Waals surface area (Å²) in [5.74, 6) is 0.512. The van der Waals surface area contributed by atoms with Gasteiger partial charge in [-0.2, -0.15) is 0 Å². The molecule has 0 aromatic heterocycles. The Morgan fingerprint density at radius 3 is 1.95 bits per heavy atom. The molecule has 21 heavy (non-hydrogen) atoms. The lowest BCUT2D eigenvalue weighted by molar-refractivity contribution is 0.464. The van der Waals surface area contributed by atoms with Gasteiger partial charge in [0.05, 0.1) is 0 Å². The van der Waals surface area contributed by atoms with Crippen LogP contribution in [0.25, 0.3) is 0 Å². The highest BCUT2D eigenvalue weighted by Gasteiger charge is 2.10. The van der Waals surface area contributed by atoms with Crippen molar-refractivity contribution in [3.8, 4) is 5.75 Å². The summed E-state index contributed by atoms with van der Waals surface area (Å²) in [4.78, 5) is 0. The highest BCUT2D eigenvalue weighted by molar-refractivity contribution is 5.44. The van der Waals surface area contributed by atoms with E-state index >= 15 is 0 Å². The average molecular weight is 290 g/mol. The number of hydrogen-bond donors (Lipinski definition) is 1. The first-order valence-electron chi connectivity index (χ1n) is 9.01. The Kier molecular flexibility index (Phi) is 9.21. The second kappa shape index (κ2) is 10.7. The normalized spacial score (nSPS) is 11.0. The quantitative estimate of drug-likeness (QED) is 0.472. The molecule has 0 atom stereocenters. The summed E-state index contributed by atoms with van der Waals surface area (Å²) in [6, 6.07) is 3.94. The second-order valence-electron chi connectivity index (χ2n) is 6.33. The minimum Gasteiger partial charge on any atom is -0.508 e. The summed E-state index contributed by atoms with van der Waals surface area (Å²) in [7, 11) is 0. The van der Waals surface area contributed by atoms with Crippen LogP contribution in [-0.2, 0) is 12.8 Å². The van der Waals surface area contributed by atoms with Crippen LogP contribution in [0.2, 0.25) is 0 Å². The third kappa shape index (κ3) is 6.54. The molecule has 1 N–H and O–H groups in total. The molecule has 1 nitrogen and oxygen atoms in total. The summed E-state index contributed by atoms with van der Waals surface area (Å²) in [5.41, 5.74) is 3.97.